The fraction of sp³-hybridized carbons (Fsp3) is 0.393. The second-order valence-electron chi connectivity index (χ2n) is 9.75. The molecule has 0 bridgehead atoms. The molecule has 0 unspecified atom stereocenters. The molecule has 1 aliphatic rings. The maximum absolute atomic E-state index is 13.1. The minimum absolute atomic E-state index is 0.0190. The van der Waals surface area contributed by atoms with Gasteiger partial charge >= 0.3 is 0 Å². The number of amides is 2. The van der Waals surface area contributed by atoms with Gasteiger partial charge in [-0.15, -0.1) is 0 Å². The highest BCUT2D eigenvalue weighted by Gasteiger charge is 2.34. The Hall–Kier alpha value is -3.61. The molecule has 3 aromatic rings. The highest BCUT2D eigenvalue weighted by molar-refractivity contribution is 5.94. The molecule has 7 heteroatoms. The average Bonchev–Trinajstić information content (AvgIpc) is 3.60. The number of carbonyl (C=O) groups excluding carboxylic acids is 2. The Morgan fingerprint density at radius 1 is 1.11 bits per heavy atom. The minimum Gasteiger partial charge on any atom is -0.497 e. The van der Waals surface area contributed by atoms with E-state index in [1.165, 1.54) is 5.56 Å². The molecule has 0 atom stereocenters. The lowest BCUT2D eigenvalue weighted by Gasteiger charge is -2.24. The van der Waals surface area contributed by atoms with Crippen molar-refractivity contribution in [3.05, 3.63) is 59.8 Å². The van der Waals surface area contributed by atoms with Crippen molar-refractivity contribution in [1.82, 2.24) is 14.5 Å². The fourth-order valence-corrected chi connectivity index (χ4v) is 4.04. The van der Waals surface area contributed by atoms with Gasteiger partial charge in [0.1, 0.15) is 5.75 Å². The van der Waals surface area contributed by atoms with Crippen molar-refractivity contribution < 1.29 is 14.3 Å². The molecule has 0 aliphatic heterocycles. The van der Waals surface area contributed by atoms with Crippen LogP contribution in [0.3, 0.4) is 0 Å². The average molecular weight is 475 g/mol. The Kier molecular flexibility index (Phi) is 7.24. The molecule has 2 amide bonds. The minimum atomic E-state index is -0.253. The number of hydrogen-bond acceptors (Lipinski definition) is 4. The van der Waals surface area contributed by atoms with Crippen LogP contribution in [0.15, 0.2) is 48.7 Å². The van der Waals surface area contributed by atoms with Crippen molar-refractivity contribution in [2.75, 3.05) is 25.5 Å². The van der Waals surface area contributed by atoms with Gasteiger partial charge in [0.05, 0.1) is 19.3 Å². The van der Waals surface area contributed by atoms with Gasteiger partial charge in [-0.2, -0.15) is 0 Å². The molecule has 0 spiro atoms. The number of nitrogens with one attached hydrogen (secondary N) is 1. The summed E-state index contributed by atoms with van der Waals surface area (Å²) in [6.45, 7) is 8.82. The monoisotopic (exact) mass is 474 g/mol. The van der Waals surface area contributed by atoms with E-state index in [0.717, 1.165) is 41.1 Å². The van der Waals surface area contributed by atoms with Crippen molar-refractivity contribution in [3.63, 3.8) is 0 Å². The van der Waals surface area contributed by atoms with Crippen LogP contribution in [0.5, 0.6) is 5.75 Å². The SMILES string of the molecule is COc1ccc(-c2cn(-c3ccc(C)c(C)c3)c(NC(=O)CN(CC(C)C)C(=O)C3CC3)n2)cc1. The molecular formula is C28H34N4O3. The van der Waals surface area contributed by atoms with Gasteiger partial charge < -0.3 is 9.64 Å². The van der Waals surface area contributed by atoms with E-state index in [0.29, 0.717) is 12.5 Å². The van der Waals surface area contributed by atoms with E-state index in [2.05, 4.69) is 45.1 Å². The topological polar surface area (TPSA) is 76.5 Å². The van der Waals surface area contributed by atoms with Crippen LogP contribution in [0, 0.1) is 25.7 Å². The summed E-state index contributed by atoms with van der Waals surface area (Å²) in [5.74, 6) is 1.36. The molecule has 1 N–H and O–H groups in total. The second-order valence-corrected chi connectivity index (χ2v) is 9.75. The molecule has 4 rings (SSSR count). The number of nitrogens with zero attached hydrogens (tertiary/aromatic N) is 3. The normalized spacial score (nSPS) is 13.1. The Morgan fingerprint density at radius 3 is 2.43 bits per heavy atom. The molecule has 1 heterocycles. The molecule has 1 saturated carbocycles. The van der Waals surface area contributed by atoms with Crippen LogP contribution in [0.1, 0.15) is 37.8 Å². The second kappa shape index (κ2) is 10.3. The third-order valence-electron chi connectivity index (χ3n) is 6.27. The van der Waals surface area contributed by atoms with Crippen LogP contribution in [-0.4, -0.2) is 46.5 Å². The standard InChI is InChI=1S/C28H34N4O3/c1-18(2)15-31(27(34)22-7-8-22)17-26(33)30-28-29-25(21-9-12-24(35-5)13-10-21)16-32(28)23-11-6-19(3)20(4)14-23/h6,9-14,16,18,22H,7-8,15,17H2,1-5H3,(H,29,30,33). The van der Waals surface area contributed by atoms with Gasteiger partial charge in [-0.25, -0.2) is 4.98 Å². The molecule has 0 radical (unpaired) electrons. The first-order chi connectivity index (χ1) is 16.7. The highest BCUT2D eigenvalue weighted by atomic mass is 16.5. The smallest absolute Gasteiger partial charge is 0.246 e. The van der Waals surface area contributed by atoms with E-state index in [-0.39, 0.29) is 30.2 Å². The Balaban J connectivity index is 1.63. The highest BCUT2D eigenvalue weighted by Crippen LogP contribution is 2.31. The Morgan fingerprint density at radius 2 is 1.83 bits per heavy atom. The summed E-state index contributed by atoms with van der Waals surface area (Å²) in [5, 5.41) is 2.97. The lowest BCUT2D eigenvalue weighted by atomic mass is 10.1. The predicted molar refractivity (Wildman–Crippen MR) is 138 cm³/mol. The van der Waals surface area contributed by atoms with Gasteiger partial charge in [0.2, 0.25) is 17.8 Å². The van der Waals surface area contributed by atoms with Crippen LogP contribution in [0.25, 0.3) is 16.9 Å². The van der Waals surface area contributed by atoms with E-state index in [1.54, 1.807) is 12.0 Å². The first-order valence-electron chi connectivity index (χ1n) is 12.1. The van der Waals surface area contributed by atoms with Crippen LogP contribution >= 0.6 is 0 Å². The van der Waals surface area contributed by atoms with Crippen molar-refractivity contribution in [2.45, 2.75) is 40.5 Å². The molecule has 1 aliphatic carbocycles. The van der Waals surface area contributed by atoms with Gasteiger partial charge in [-0.1, -0.05) is 19.9 Å². The summed E-state index contributed by atoms with van der Waals surface area (Å²) in [6.07, 6.45) is 3.75. The lowest BCUT2D eigenvalue weighted by molar-refractivity contribution is -0.136. The van der Waals surface area contributed by atoms with Crippen LogP contribution < -0.4 is 10.1 Å². The predicted octanol–water partition coefficient (Wildman–Crippen LogP) is 5.00. The molecule has 2 aromatic carbocycles. The number of aromatic nitrogens is 2. The largest absolute Gasteiger partial charge is 0.497 e. The summed E-state index contributed by atoms with van der Waals surface area (Å²) in [7, 11) is 1.63. The van der Waals surface area contributed by atoms with Gasteiger partial charge in [0, 0.05) is 29.9 Å². The molecule has 35 heavy (non-hydrogen) atoms. The zero-order valence-electron chi connectivity index (χ0n) is 21.2. The summed E-state index contributed by atoms with van der Waals surface area (Å²) >= 11 is 0. The van der Waals surface area contributed by atoms with Crippen molar-refractivity contribution >= 4 is 17.8 Å². The fourth-order valence-electron chi connectivity index (χ4n) is 4.04. The summed E-state index contributed by atoms with van der Waals surface area (Å²) in [6, 6.07) is 13.8. The first kappa shape index (κ1) is 24.5. The maximum atomic E-state index is 13.1. The number of anilines is 1. The number of imidazole rings is 1. The van der Waals surface area contributed by atoms with Gasteiger partial charge in [-0.05, 0) is 80.1 Å². The van der Waals surface area contributed by atoms with Crippen molar-refractivity contribution in [3.8, 4) is 22.7 Å². The van der Waals surface area contributed by atoms with Crippen molar-refractivity contribution in [1.29, 1.82) is 0 Å². The van der Waals surface area contributed by atoms with Crippen LogP contribution in [0.4, 0.5) is 5.95 Å². The molecule has 1 fully saturated rings. The maximum Gasteiger partial charge on any atom is 0.246 e. The first-order valence-corrected chi connectivity index (χ1v) is 12.1. The van der Waals surface area contributed by atoms with E-state index >= 15 is 0 Å². The van der Waals surface area contributed by atoms with Gasteiger partial charge in [0.25, 0.3) is 0 Å². The third-order valence-corrected chi connectivity index (χ3v) is 6.27. The van der Waals surface area contributed by atoms with Gasteiger partial charge in [-0.3, -0.25) is 19.5 Å². The molecule has 1 aromatic heterocycles. The number of benzene rings is 2. The Bertz CT molecular complexity index is 1210. The number of ether oxygens (including phenoxy) is 1. The zero-order valence-corrected chi connectivity index (χ0v) is 21.2. The molecule has 184 valence electrons. The number of methoxy groups -OCH3 is 1. The zero-order chi connectivity index (χ0) is 25.1. The lowest BCUT2D eigenvalue weighted by Crippen LogP contribution is -2.41. The van der Waals surface area contributed by atoms with E-state index < -0.39 is 0 Å². The number of rotatable bonds is 9. The summed E-state index contributed by atoms with van der Waals surface area (Å²) in [4.78, 5) is 32.3. The molecule has 0 saturated heterocycles. The summed E-state index contributed by atoms with van der Waals surface area (Å²) < 4.78 is 7.16. The van der Waals surface area contributed by atoms with E-state index in [4.69, 9.17) is 9.72 Å². The van der Waals surface area contributed by atoms with E-state index in [9.17, 15) is 9.59 Å². The number of carbonyl (C=O) groups is 2. The quantitative estimate of drug-likeness (QED) is 0.474. The van der Waals surface area contributed by atoms with Gasteiger partial charge in [0.15, 0.2) is 0 Å². The number of hydrogen-bond donors (Lipinski definition) is 1. The van der Waals surface area contributed by atoms with Crippen LogP contribution in [0.2, 0.25) is 0 Å². The molecular weight excluding hydrogens is 440 g/mol. The Labute approximate surface area is 207 Å². The third kappa shape index (κ3) is 5.91. The summed E-state index contributed by atoms with van der Waals surface area (Å²) in [5.41, 5.74) is 4.89. The molecule has 7 nitrogen and oxygen atoms in total. The van der Waals surface area contributed by atoms with Crippen LogP contribution in [-0.2, 0) is 9.59 Å². The number of aryl methyl sites for hydroxylation is 2. The van der Waals surface area contributed by atoms with E-state index in [1.807, 2.05) is 41.1 Å². The van der Waals surface area contributed by atoms with Crippen molar-refractivity contribution in [2.24, 2.45) is 11.8 Å².